The lowest BCUT2D eigenvalue weighted by atomic mass is 10.2. The van der Waals surface area contributed by atoms with Gasteiger partial charge < -0.3 is 5.32 Å². The highest BCUT2D eigenvalue weighted by Crippen LogP contribution is 2.12. The topological polar surface area (TPSA) is 33.1 Å². The van der Waals surface area contributed by atoms with Gasteiger partial charge in [-0.2, -0.15) is 5.10 Å². The Bertz CT molecular complexity index is 514. The number of hydrogen-bond donors (Lipinski definition) is 1. The average Bonchev–Trinajstić information content (AvgIpc) is 3.11. The van der Waals surface area contributed by atoms with Crippen LogP contribution in [0.3, 0.4) is 0 Å². The Balaban J connectivity index is 1.68. The third-order valence-corrected chi connectivity index (χ3v) is 3.75. The van der Waals surface area contributed by atoms with E-state index in [0.717, 1.165) is 25.3 Å². The number of likely N-dealkylation sites (N-methyl/N-ethyl adjacent to an activating group) is 1. The van der Waals surface area contributed by atoms with Gasteiger partial charge in [-0.3, -0.25) is 4.90 Å². The number of aromatic nitrogens is 2. The number of rotatable bonds is 4. The quantitative estimate of drug-likeness (QED) is 0.903. The molecule has 1 N–H and O–H groups in total. The van der Waals surface area contributed by atoms with Crippen molar-refractivity contribution in [1.82, 2.24) is 20.0 Å². The molecule has 1 fully saturated rings. The first-order valence-corrected chi connectivity index (χ1v) is 6.83. The average molecular weight is 256 g/mol. The van der Waals surface area contributed by atoms with E-state index in [1.54, 1.807) is 0 Å². The molecule has 1 aromatic carbocycles. The Hall–Kier alpha value is -1.65. The Labute approximate surface area is 114 Å². The monoisotopic (exact) mass is 256 g/mol. The molecule has 4 heteroatoms. The Morgan fingerprint density at radius 1 is 1.37 bits per heavy atom. The molecule has 1 unspecified atom stereocenters. The minimum absolute atomic E-state index is 0.653. The highest BCUT2D eigenvalue weighted by Gasteiger charge is 2.19. The number of para-hydroxylation sites is 1. The van der Waals surface area contributed by atoms with E-state index in [1.807, 2.05) is 29.1 Å². The molecule has 100 valence electrons. The van der Waals surface area contributed by atoms with Crippen molar-refractivity contribution in [2.24, 2.45) is 0 Å². The van der Waals surface area contributed by atoms with Crippen molar-refractivity contribution in [3.63, 3.8) is 0 Å². The molecule has 0 spiro atoms. The maximum Gasteiger partial charge on any atom is 0.0645 e. The third kappa shape index (κ3) is 2.85. The highest BCUT2D eigenvalue weighted by atomic mass is 15.3. The molecule has 2 heterocycles. The predicted octanol–water partition coefficient (Wildman–Crippen LogP) is 1.67. The number of benzene rings is 1. The summed E-state index contributed by atoms with van der Waals surface area (Å²) in [6.45, 7) is 3.20. The van der Waals surface area contributed by atoms with E-state index in [4.69, 9.17) is 0 Å². The van der Waals surface area contributed by atoms with E-state index < -0.39 is 0 Å². The van der Waals surface area contributed by atoms with Crippen molar-refractivity contribution in [3.8, 4) is 5.69 Å². The van der Waals surface area contributed by atoms with Crippen LogP contribution >= 0.6 is 0 Å². The predicted molar refractivity (Wildman–Crippen MR) is 76.3 cm³/mol. The zero-order chi connectivity index (χ0) is 13.1. The fraction of sp³-hybridized carbons (Fsp3) is 0.400. The second-order valence-corrected chi connectivity index (χ2v) is 5.19. The van der Waals surface area contributed by atoms with Crippen molar-refractivity contribution in [3.05, 3.63) is 48.3 Å². The zero-order valence-corrected chi connectivity index (χ0v) is 11.3. The minimum atomic E-state index is 0.653. The lowest BCUT2D eigenvalue weighted by Crippen LogP contribution is -2.32. The van der Waals surface area contributed by atoms with Gasteiger partial charge in [0.2, 0.25) is 0 Å². The molecule has 2 aromatic rings. The van der Waals surface area contributed by atoms with E-state index in [1.165, 1.54) is 12.0 Å². The summed E-state index contributed by atoms with van der Waals surface area (Å²) in [7, 11) is 2.19. The van der Waals surface area contributed by atoms with Crippen LogP contribution in [0.25, 0.3) is 5.69 Å². The van der Waals surface area contributed by atoms with Crippen LogP contribution in [0.4, 0.5) is 0 Å². The third-order valence-electron chi connectivity index (χ3n) is 3.75. The molecule has 1 saturated heterocycles. The summed E-state index contributed by atoms with van der Waals surface area (Å²) in [5.74, 6) is 0. The molecule has 1 aliphatic heterocycles. The Kier molecular flexibility index (Phi) is 3.62. The van der Waals surface area contributed by atoms with Crippen molar-refractivity contribution in [2.75, 3.05) is 20.1 Å². The fourth-order valence-corrected chi connectivity index (χ4v) is 2.60. The van der Waals surface area contributed by atoms with Gasteiger partial charge in [-0.15, -0.1) is 0 Å². The lowest BCUT2D eigenvalue weighted by Gasteiger charge is -2.22. The minimum Gasteiger partial charge on any atom is -0.315 e. The van der Waals surface area contributed by atoms with E-state index in [9.17, 15) is 0 Å². The first-order valence-electron chi connectivity index (χ1n) is 6.83. The first-order chi connectivity index (χ1) is 9.33. The largest absolute Gasteiger partial charge is 0.315 e. The van der Waals surface area contributed by atoms with Gasteiger partial charge in [0, 0.05) is 30.9 Å². The second-order valence-electron chi connectivity index (χ2n) is 5.19. The van der Waals surface area contributed by atoms with Crippen molar-refractivity contribution < 1.29 is 0 Å². The van der Waals surface area contributed by atoms with Crippen LogP contribution in [-0.2, 0) is 6.54 Å². The molecule has 1 aliphatic rings. The molecule has 0 amide bonds. The summed E-state index contributed by atoms with van der Waals surface area (Å²) >= 11 is 0. The molecule has 3 rings (SSSR count). The Morgan fingerprint density at radius 2 is 2.21 bits per heavy atom. The molecule has 0 radical (unpaired) electrons. The van der Waals surface area contributed by atoms with Crippen LogP contribution in [0.5, 0.6) is 0 Å². The summed E-state index contributed by atoms with van der Waals surface area (Å²) < 4.78 is 1.94. The number of nitrogens with one attached hydrogen (secondary N) is 1. The van der Waals surface area contributed by atoms with Crippen molar-refractivity contribution in [2.45, 2.75) is 19.0 Å². The molecule has 0 bridgehead atoms. The second kappa shape index (κ2) is 5.55. The van der Waals surface area contributed by atoms with Gasteiger partial charge in [0.15, 0.2) is 0 Å². The molecule has 1 atom stereocenters. The van der Waals surface area contributed by atoms with Crippen LogP contribution in [-0.4, -0.2) is 40.9 Å². The maximum absolute atomic E-state index is 4.44. The van der Waals surface area contributed by atoms with E-state index in [0.29, 0.717) is 6.04 Å². The van der Waals surface area contributed by atoms with Crippen molar-refractivity contribution in [1.29, 1.82) is 0 Å². The normalized spacial score (nSPS) is 19.2. The van der Waals surface area contributed by atoms with Crippen LogP contribution in [0.1, 0.15) is 12.0 Å². The maximum atomic E-state index is 4.44. The Morgan fingerprint density at radius 3 is 2.95 bits per heavy atom. The molecule has 19 heavy (non-hydrogen) atoms. The van der Waals surface area contributed by atoms with Crippen LogP contribution < -0.4 is 5.32 Å². The molecule has 0 aliphatic carbocycles. The van der Waals surface area contributed by atoms with E-state index in [-0.39, 0.29) is 0 Å². The van der Waals surface area contributed by atoms with Gasteiger partial charge in [-0.05, 0) is 32.1 Å². The molecular formula is C15H20N4. The summed E-state index contributed by atoms with van der Waals surface area (Å²) in [6, 6.07) is 10.9. The van der Waals surface area contributed by atoms with E-state index >= 15 is 0 Å². The lowest BCUT2D eigenvalue weighted by molar-refractivity contribution is 0.249. The molecule has 1 aromatic heterocycles. The molecule has 0 saturated carbocycles. The molecular weight excluding hydrogens is 236 g/mol. The summed E-state index contributed by atoms with van der Waals surface area (Å²) in [4.78, 5) is 2.41. The summed E-state index contributed by atoms with van der Waals surface area (Å²) in [6.07, 6.45) is 5.32. The zero-order valence-electron chi connectivity index (χ0n) is 11.3. The standard InChI is InChI=1S/C15H20N4/c1-18(15-7-8-16-10-15)11-13-9-17-19(12-13)14-5-3-2-4-6-14/h2-6,9,12,15-16H,7-8,10-11H2,1H3. The van der Waals surface area contributed by atoms with Gasteiger partial charge in [-0.25, -0.2) is 4.68 Å². The number of nitrogens with zero attached hydrogens (tertiary/aromatic N) is 3. The van der Waals surface area contributed by atoms with Gasteiger partial charge >= 0.3 is 0 Å². The van der Waals surface area contributed by atoms with Crippen LogP contribution in [0, 0.1) is 0 Å². The number of hydrogen-bond acceptors (Lipinski definition) is 3. The fourth-order valence-electron chi connectivity index (χ4n) is 2.60. The smallest absolute Gasteiger partial charge is 0.0645 e. The van der Waals surface area contributed by atoms with E-state index in [2.05, 4.69) is 40.7 Å². The van der Waals surface area contributed by atoms with Gasteiger partial charge in [0.25, 0.3) is 0 Å². The highest BCUT2D eigenvalue weighted by molar-refractivity contribution is 5.30. The van der Waals surface area contributed by atoms with Gasteiger partial charge in [-0.1, -0.05) is 18.2 Å². The summed E-state index contributed by atoms with van der Waals surface area (Å²) in [5.41, 5.74) is 2.37. The van der Waals surface area contributed by atoms with Crippen LogP contribution in [0.2, 0.25) is 0 Å². The van der Waals surface area contributed by atoms with Crippen LogP contribution in [0.15, 0.2) is 42.7 Å². The summed E-state index contributed by atoms with van der Waals surface area (Å²) in [5, 5.41) is 7.85. The van der Waals surface area contributed by atoms with Gasteiger partial charge in [0.1, 0.15) is 0 Å². The van der Waals surface area contributed by atoms with Crippen molar-refractivity contribution >= 4 is 0 Å². The van der Waals surface area contributed by atoms with Gasteiger partial charge in [0.05, 0.1) is 11.9 Å². The SMILES string of the molecule is CN(Cc1cnn(-c2ccccc2)c1)C1CCNC1. The molecule has 4 nitrogen and oxygen atoms in total. The first kappa shape index (κ1) is 12.4.